The molecule has 0 spiro atoms. The molecule has 0 radical (unpaired) electrons. The molecular weight excluding hydrogens is 309 g/mol. The number of ether oxygens (including phenoxy) is 2. The van der Waals surface area contributed by atoms with E-state index in [2.05, 4.69) is 0 Å². The van der Waals surface area contributed by atoms with E-state index in [0.29, 0.717) is 21.5 Å². The summed E-state index contributed by atoms with van der Waals surface area (Å²) in [6.07, 6.45) is 0. The molecule has 0 saturated heterocycles. The first-order chi connectivity index (χ1) is 9.96. The summed E-state index contributed by atoms with van der Waals surface area (Å²) in [4.78, 5) is 0. The summed E-state index contributed by atoms with van der Waals surface area (Å²) in [6, 6.07) is 8.81. The van der Waals surface area contributed by atoms with Gasteiger partial charge in [-0.25, -0.2) is 0 Å². The Bertz CT molecular complexity index is 639. The van der Waals surface area contributed by atoms with Crippen molar-refractivity contribution in [1.29, 1.82) is 0 Å². The molecule has 0 bridgehead atoms. The van der Waals surface area contributed by atoms with Gasteiger partial charge in [-0.05, 0) is 41.8 Å². The Morgan fingerprint density at radius 2 is 1.57 bits per heavy atom. The fourth-order valence-corrected chi connectivity index (χ4v) is 2.80. The lowest BCUT2D eigenvalue weighted by atomic mass is 9.97. The standard InChI is InChI=1S/C16H17Cl2NO2/c1-9-4-10(6-11(17)5-9)16(19)12-7-14(20-2)15(21-3)8-13(12)18/h4-8,16H,19H2,1-3H3. The van der Waals surface area contributed by atoms with Crippen LogP contribution in [-0.2, 0) is 0 Å². The zero-order valence-corrected chi connectivity index (χ0v) is 13.6. The van der Waals surface area contributed by atoms with Crippen molar-refractivity contribution in [2.45, 2.75) is 13.0 Å². The average molecular weight is 326 g/mol. The second-order valence-electron chi connectivity index (χ2n) is 4.77. The predicted octanol–water partition coefficient (Wildman–Crippen LogP) is 4.37. The molecule has 112 valence electrons. The van der Waals surface area contributed by atoms with Gasteiger partial charge >= 0.3 is 0 Å². The topological polar surface area (TPSA) is 44.5 Å². The van der Waals surface area contributed by atoms with E-state index in [9.17, 15) is 0 Å². The number of nitrogens with two attached hydrogens (primary N) is 1. The average Bonchev–Trinajstić information content (AvgIpc) is 2.45. The molecule has 0 saturated carbocycles. The van der Waals surface area contributed by atoms with E-state index >= 15 is 0 Å². The van der Waals surface area contributed by atoms with Crippen molar-refractivity contribution < 1.29 is 9.47 Å². The largest absolute Gasteiger partial charge is 0.493 e. The van der Waals surface area contributed by atoms with E-state index in [1.165, 1.54) is 0 Å². The van der Waals surface area contributed by atoms with Crippen molar-refractivity contribution in [3.63, 3.8) is 0 Å². The lowest BCUT2D eigenvalue weighted by molar-refractivity contribution is 0.354. The van der Waals surface area contributed by atoms with Crippen molar-refractivity contribution in [3.8, 4) is 11.5 Å². The Balaban J connectivity index is 2.49. The predicted molar refractivity (Wildman–Crippen MR) is 86.8 cm³/mol. The van der Waals surface area contributed by atoms with Crippen molar-refractivity contribution >= 4 is 23.2 Å². The summed E-state index contributed by atoms with van der Waals surface area (Å²) in [7, 11) is 3.14. The van der Waals surface area contributed by atoms with Crippen LogP contribution in [0.1, 0.15) is 22.7 Å². The lowest BCUT2D eigenvalue weighted by Gasteiger charge is -2.18. The number of aryl methyl sites for hydroxylation is 1. The van der Waals surface area contributed by atoms with Gasteiger partial charge in [-0.2, -0.15) is 0 Å². The molecule has 2 N–H and O–H groups in total. The third kappa shape index (κ3) is 3.43. The van der Waals surface area contributed by atoms with Crippen LogP contribution >= 0.6 is 23.2 Å². The second-order valence-corrected chi connectivity index (χ2v) is 5.61. The van der Waals surface area contributed by atoms with Crippen LogP contribution in [0.15, 0.2) is 30.3 Å². The molecule has 2 aromatic carbocycles. The van der Waals surface area contributed by atoms with Gasteiger partial charge in [0.25, 0.3) is 0 Å². The van der Waals surface area contributed by atoms with Crippen LogP contribution in [0.3, 0.4) is 0 Å². The van der Waals surface area contributed by atoms with E-state index in [1.807, 2.05) is 25.1 Å². The van der Waals surface area contributed by atoms with Gasteiger partial charge in [-0.15, -0.1) is 0 Å². The van der Waals surface area contributed by atoms with Crippen LogP contribution in [0.5, 0.6) is 11.5 Å². The number of rotatable bonds is 4. The van der Waals surface area contributed by atoms with Crippen LogP contribution in [0.4, 0.5) is 0 Å². The number of halogens is 2. The smallest absolute Gasteiger partial charge is 0.162 e. The molecule has 3 nitrogen and oxygen atoms in total. The van der Waals surface area contributed by atoms with Crippen molar-refractivity contribution in [1.82, 2.24) is 0 Å². The van der Waals surface area contributed by atoms with Gasteiger partial charge in [0.2, 0.25) is 0 Å². The third-order valence-electron chi connectivity index (χ3n) is 3.26. The Morgan fingerprint density at radius 1 is 0.952 bits per heavy atom. The third-order valence-corrected chi connectivity index (χ3v) is 3.81. The Hall–Kier alpha value is -1.42. The molecule has 21 heavy (non-hydrogen) atoms. The molecule has 0 heterocycles. The summed E-state index contributed by atoms with van der Waals surface area (Å²) in [5, 5.41) is 1.18. The van der Waals surface area contributed by atoms with Gasteiger partial charge in [0.1, 0.15) is 0 Å². The maximum absolute atomic E-state index is 6.33. The van der Waals surface area contributed by atoms with Crippen LogP contribution in [0.25, 0.3) is 0 Å². The van der Waals surface area contributed by atoms with Crippen LogP contribution in [0.2, 0.25) is 10.0 Å². The quantitative estimate of drug-likeness (QED) is 0.907. The Labute approximate surface area is 134 Å². The lowest BCUT2D eigenvalue weighted by Crippen LogP contribution is -2.13. The molecule has 0 aliphatic rings. The molecule has 5 heteroatoms. The second kappa shape index (κ2) is 6.56. The summed E-state index contributed by atoms with van der Waals surface area (Å²) in [6.45, 7) is 1.97. The van der Waals surface area contributed by atoms with E-state index in [1.54, 1.807) is 26.4 Å². The molecule has 0 fully saturated rings. The molecular formula is C16H17Cl2NO2. The molecule has 0 aliphatic heterocycles. The summed E-state index contributed by atoms with van der Waals surface area (Å²) < 4.78 is 10.5. The van der Waals surface area contributed by atoms with Crippen molar-refractivity contribution in [2.24, 2.45) is 5.73 Å². The Morgan fingerprint density at radius 3 is 2.14 bits per heavy atom. The molecule has 0 amide bonds. The highest BCUT2D eigenvalue weighted by atomic mass is 35.5. The minimum atomic E-state index is -0.394. The monoisotopic (exact) mass is 325 g/mol. The van der Waals surface area contributed by atoms with E-state index < -0.39 is 6.04 Å². The van der Waals surface area contributed by atoms with Gasteiger partial charge in [-0.3, -0.25) is 0 Å². The molecule has 0 aromatic heterocycles. The SMILES string of the molecule is COc1cc(Cl)c(C(N)c2cc(C)cc(Cl)c2)cc1OC. The van der Waals surface area contributed by atoms with Crippen LogP contribution in [-0.4, -0.2) is 14.2 Å². The fourth-order valence-electron chi connectivity index (χ4n) is 2.23. The first-order valence-corrected chi connectivity index (χ1v) is 7.16. The molecule has 0 aliphatic carbocycles. The number of hydrogen-bond acceptors (Lipinski definition) is 3. The van der Waals surface area contributed by atoms with E-state index in [0.717, 1.165) is 16.7 Å². The highest BCUT2D eigenvalue weighted by molar-refractivity contribution is 6.31. The zero-order valence-electron chi connectivity index (χ0n) is 12.1. The summed E-state index contributed by atoms with van der Waals surface area (Å²) in [5.74, 6) is 1.16. The minimum Gasteiger partial charge on any atom is -0.493 e. The summed E-state index contributed by atoms with van der Waals surface area (Å²) in [5.41, 5.74) is 9.03. The number of hydrogen-bond donors (Lipinski definition) is 1. The molecule has 2 aromatic rings. The Kier molecular flexibility index (Phi) is 4.99. The van der Waals surface area contributed by atoms with Gasteiger partial charge in [0, 0.05) is 16.1 Å². The van der Waals surface area contributed by atoms with E-state index in [4.69, 9.17) is 38.4 Å². The highest BCUT2D eigenvalue weighted by Crippen LogP contribution is 2.37. The number of benzene rings is 2. The fraction of sp³-hybridized carbons (Fsp3) is 0.250. The van der Waals surface area contributed by atoms with Gasteiger partial charge in [0.05, 0.1) is 20.3 Å². The van der Waals surface area contributed by atoms with Gasteiger partial charge in [0.15, 0.2) is 11.5 Å². The maximum atomic E-state index is 6.33. The van der Waals surface area contributed by atoms with Crippen molar-refractivity contribution in [3.05, 3.63) is 57.1 Å². The minimum absolute atomic E-state index is 0.394. The maximum Gasteiger partial charge on any atom is 0.162 e. The molecule has 1 unspecified atom stereocenters. The molecule has 2 rings (SSSR count). The zero-order chi connectivity index (χ0) is 15.6. The van der Waals surface area contributed by atoms with Crippen LogP contribution in [0, 0.1) is 6.92 Å². The first-order valence-electron chi connectivity index (χ1n) is 6.40. The van der Waals surface area contributed by atoms with E-state index in [-0.39, 0.29) is 0 Å². The normalized spacial score (nSPS) is 12.1. The number of methoxy groups -OCH3 is 2. The van der Waals surface area contributed by atoms with Gasteiger partial charge in [-0.1, -0.05) is 29.3 Å². The van der Waals surface area contributed by atoms with Gasteiger partial charge < -0.3 is 15.2 Å². The van der Waals surface area contributed by atoms with Crippen molar-refractivity contribution in [2.75, 3.05) is 14.2 Å². The molecule has 1 atom stereocenters. The summed E-state index contributed by atoms with van der Waals surface area (Å²) >= 11 is 12.4. The highest BCUT2D eigenvalue weighted by Gasteiger charge is 2.17. The first kappa shape index (κ1) is 16.0. The van der Waals surface area contributed by atoms with Crippen LogP contribution < -0.4 is 15.2 Å².